The molecule has 1 fully saturated rings. The fourth-order valence-electron chi connectivity index (χ4n) is 4.35. The first-order chi connectivity index (χ1) is 17.5. The van der Waals surface area contributed by atoms with Crippen LogP contribution in [0.15, 0.2) is 67.5 Å². The predicted octanol–water partition coefficient (Wildman–Crippen LogP) is 5.02. The lowest BCUT2D eigenvalue weighted by Crippen LogP contribution is -2.40. The van der Waals surface area contributed by atoms with E-state index in [9.17, 15) is 18.7 Å². The molecule has 1 unspecified atom stereocenters. The van der Waals surface area contributed by atoms with Crippen LogP contribution in [0.4, 0.5) is 20.3 Å². The highest BCUT2D eigenvalue weighted by atomic mass is 19.1. The first kappa shape index (κ1) is 24.8. The van der Waals surface area contributed by atoms with E-state index < -0.39 is 5.82 Å². The second-order valence-electron chi connectivity index (χ2n) is 8.15. The number of nitrogens with one attached hydrogen (secondary N) is 1. The van der Waals surface area contributed by atoms with Crippen molar-refractivity contribution < 1.29 is 18.7 Å². The molecular weight excluding hydrogens is 466 g/mol. The minimum absolute atomic E-state index is 0.132. The molecule has 3 heterocycles. The van der Waals surface area contributed by atoms with E-state index in [1.165, 1.54) is 24.5 Å². The highest BCUT2D eigenvalue weighted by Crippen LogP contribution is 2.37. The maximum Gasteiger partial charge on any atom is 0.246 e. The Kier molecular flexibility index (Phi) is 7.53. The average molecular weight is 493 g/mol. The topological polar surface area (TPSA) is 96.2 Å². The Morgan fingerprint density at radius 3 is 2.69 bits per heavy atom. The van der Waals surface area contributed by atoms with E-state index in [-0.39, 0.29) is 23.3 Å². The van der Waals surface area contributed by atoms with Gasteiger partial charge in [0.05, 0.1) is 18.6 Å². The molecule has 36 heavy (non-hydrogen) atoms. The molecule has 5 rings (SSSR count). The number of fused-ring (bicyclic) bond motifs is 1. The number of benzene rings is 2. The third-order valence-corrected chi connectivity index (χ3v) is 5.96. The summed E-state index contributed by atoms with van der Waals surface area (Å²) in [5.41, 5.74) is 1.93. The molecule has 1 aliphatic heterocycles. The number of carbonyl (C=O) groups excluding carboxylic acids is 1. The van der Waals surface area contributed by atoms with Crippen molar-refractivity contribution in [3.8, 4) is 17.0 Å². The SMILES string of the molecule is C=CC(=O)N1CCCC(n2nc(-c3ccc(O)cc3F)c3c(Nc4ccccc4)ncnc32)C1.CF. The highest BCUT2D eigenvalue weighted by Gasteiger charge is 2.29. The van der Waals surface area contributed by atoms with Gasteiger partial charge in [-0.15, -0.1) is 0 Å². The van der Waals surface area contributed by atoms with E-state index in [4.69, 9.17) is 5.10 Å². The van der Waals surface area contributed by atoms with Gasteiger partial charge in [0.15, 0.2) is 5.65 Å². The molecule has 186 valence electrons. The van der Waals surface area contributed by atoms with Gasteiger partial charge in [0.25, 0.3) is 0 Å². The summed E-state index contributed by atoms with van der Waals surface area (Å²) in [5.74, 6) is -0.422. The number of phenolic OH excluding ortho intramolecular Hbond substituents is 1. The molecule has 0 spiro atoms. The number of para-hydroxylation sites is 1. The molecule has 10 heteroatoms. The second-order valence-corrected chi connectivity index (χ2v) is 8.15. The molecule has 0 saturated carbocycles. The molecule has 1 atom stereocenters. The van der Waals surface area contributed by atoms with Crippen molar-refractivity contribution in [3.63, 3.8) is 0 Å². The molecule has 1 amide bonds. The van der Waals surface area contributed by atoms with E-state index >= 15 is 0 Å². The van der Waals surface area contributed by atoms with Crippen molar-refractivity contribution in [2.75, 3.05) is 25.6 Å². The Hall–Kier alpha value is -4.34. The number of likely N-dealkylation sites (tertiary alicyclic amines) is 1. The van der Waals surface area contributed by atoms with Gasteiger partial charge >= 0.3 is 0 Å². The van der Waals surface area contributed by atoms with E-state index in [0.29, 0.717) is 42.8 Å². The quantitative estimate of drug-likeness (QED) is 0.380. The van der Waals surface area contributed by atoms with Gasteiger partial charge in [-0.25, -0.2) is 19.0 Å². The van der Waals surface area contributed by atoms with Crippen LogP contribution in [0.3, 0.4) is 0 Å². The Bertz CT molecular complexity index is 1380. The maximum absolute atomic E-state index is 15.0. The summed E-state index contributed by atoms with van der Waals surface area (Å²) >= 11 is 0. The normalized spacial score (nSPS) is 15.2. The summed E-state index contributed by atoms with van der Waals surface area (Å²) in [6, 6.07) is 13.3. The van der Waals surface area contributed by atoms with Gasteiger partial charge in [-0.05, 0) is 43.2 Å². The molecule has 4 aromatic rings. The van der Waals surface area contributed by atoms with Gasteiger partial charge in [0.2, 0.25) is 5.91 Å². The van der Waals surface area contributed by atoms with Gasteiger partial charge in [0.1, 0.15) is 29.4 Å². The molecule has 8 nitrogen and oxygen atoms in total. The summed E-state index contributed by atoms with van der Waals surface area (Å²) < 4.78 is 26.2. The van der Waals surface area contributed by atoms with Crippen molar-refractivity contribution in [2.45, 2.75) is 18.9 Å². The third-order valence-electron chi connectivity index (χ3n) is 5.96. The largest absolute Gasteiger partial charge is 0.508 e. The zero-order valence-electron chi connectivity index (χ0n) is 19.7. The van der Waals surface area contributed by atoms with E-state index in [0.717, 1.165) is 24.6 Å². The van der Waals surface area contributed by atoms with Crippen molar-refractivity contribution in [1.82, 2.24) is 24.6 Å². The Morgan fingerprint density at radius 2 is 1.97 bits per heavy atom. The van der Waals surface area contributed by atoms with Crippen LogP contribution in [0.1, 0.15) is 18.9 Å². The molecule has 0 radical (unpaired) electrons. The van der Waals surface area contributed by atoms with E-state index in [1.54, 1.807) is 9.58 Å². The Labute approximate surface area is 206 Å². The third kappa shape index (κ3) is 4.88. The maximum atomic E-state index is 15.0. The molecule has 1 saturated heterocycles. The molecular formula is C26H26F2N6O2. The number of phenols is 1. The minimum atomic E-state index is -0.604. The summed E-state index contributed by atoms with van der Waals surface area (Å²) in [4.78, 5) is 22.9. The fraction of sp³-hybridized carbons (Fsp3) is 0.231. The van der Waals surface area contributed by atoms with Gasteiger partial charge < -0.3 is 15.3 Å². The minimum Gasteiger partial charge on any atom is -0.508 e. The Morgan fingerprint density at radius 1 is 1.19 bits per heavy atom. The smallest absolute Gasteiger partial charge is 0.246 e. The van der Waals surface area contributed by atoms with Crippen LogP contribution in [0, 0.1) is 5.82 Å². The van der Waals surface area contributed by atoms with E-state index in [2.05, 4.69) is 21.9 Å². The van der Waals surface area contributed by atoms with Crippen LogP contribution in [-0.2, 0) is 4.79 Å². The summed E-state index contributed by atoms with van der Waals surface area (Å²) in [7, 11) is 0.500. The first-order valence-electron chi connectivity index (χ1n) is 11.4. The summed E-state index contributed by atoms with van der Waals surface area (Å²) in [6.45, 7) is 4.69. The highest BCUT2D eigenvalue weighted by molar-refractivity contribution is 6.00. The van der Waals surface area contributed by atoms with Crippen LogP contribution in [0.2, 0.25) is 0 Å². The number of aromatic nitrogens is 4. The first-order valence-corrected chi connectivity index (χ1v) is 11.4. The van der Waals surface area contributed by atoms with Crippen LogP contribution in [-0.4, -0.2) is 55.9 Å². The van der Waals surface area contributed by atoms with Crippen LogP contribution < -0.4 is 5.32 Å². The Balaban J connectivity index is 0.00000148. The van der Waals surface area contributed by atoms with Crippen molar-refractivity contribution >= 4 is 28.4 Å². The number of nitrogens with zero attached hydrogens (tertiary/aromatic N) is 5. The number of carbonyl (C=O) groups is 1. The molecule has 2 N–H and O–H groups in total. The molecule has 0 bridgehead atoms. The summed E-state index contributed by atoms with van der Waals surface area (Å²) in [5, 5.41) is 18.3. The monoisotopic (exact) mass is 492 g/mol. The number of alkyl halides is 1. The van der Waals surface area contributed by atoms with Gasteiger partial charge in [0, 0.05) is 30.4 Å². The van der Waals surface area contributed by atoms with Gasteiger partial charge in [-0.2, -0.15) is 5.10 Å². The van der Waals surface area contributed by atoms with Gasteiger partial charge in [-0.3, -0.25) is 9.18 Å². The fourth-order valence-corrected chi connectivity index (χ4v) is 4.35. The number of hydrogen-bond acceptors (Lipinski definition) is 6. The number of aromatic hydroxyl groups is 1. The van der Waals surface area contributed by atoms with Crippen LogP contribution in [0.25, 0.3) is 22.3 Å². The van der Waals surface area contributed by atoms with Gasteiger partial charge in [-0.1, -0.05) is 24.8 Å². The van der Waals surface area contributed by atoms with Crippen LogP contribution >= 0.6 is 0 Å². The summed E-state index contributed by atoms with van der Waals surface area (Å²) in [6.07, 6.45) is 4.35. The second kappa shape index (κ2) is 10.9. The number of rotatable bonds is 5. The molecule has 1 aliphatic rings. The van der Waals surface area contributed by atoms with Crippen molar-refractivity contribution in [2.24, 2.45) is 0 Å². The van der Waals surface area contributed by atoms with Crippen LogP contribution in [0.5, 0.6) is 5.75 Å². The lowest BCUT2D eigenvalue weighted by atomic mass is 10.1. The lowest BCUT2D eigenvalue weighted by molar-refractivity contribution is -0.127. The molecule has 2 aromatic heterocycles. The number of hydrogen-bond donors (Lipinski definition) is 2. The standard InChI is InChI=1S/C25H23FN6O2.CH3F/c1-2-21(34)31-12-6-9-17(14-31)32-25-22(23(30-32)19-11-10-18(33)13-20(19)26)24(27-15-28-25)29-16-7-4-3-5-8-16;1-2/h2-5,7-8,10-11,13,15,17,33H,1,6,9,12,14H2,(H,27,28,29);1H3. The lowest BCUT2D eigenvalue weighted by Gasteiger charge is -2.32. The number of anilines is 2. The zero-order chi connectivity index (χ0) is 25.7. The average Bonchev–Trinajstić information content (AvgIpc) is 3.30. The molecule has 2 aromatic carbocycles. The molecule has 0 aliphatic carbocycles. The number of amides is 1. The number of piperidine rings is 1. The zero-order valence-corrected chi connectivity index (χ0v) is 19.7. The van der Waals surface area contributed by atoms with E-state index in [1.807, 2.05) is 30.3 Å². The number of halogens is 2. The van der Waals surface area contributed by atoms with Crippen molar-refractivity contribution in [3.05, 3.63) is 73.3 Å². The van der Waals surface area contributed by atoms with Crippen molar-refractivity contribution in [1.29, 1.82) is 0 Å². The predicted molar refractivity (Wildman–Crippen MR) is 134 cm³/mol.